The quantitative estimate of drug-likeness (QED) is 0.0528. The maximum atomic E-state index is 11.8. The van der Waals surface area contributed by atoms with Crippen LogP contribution in [-0.4, -0.2) is 42.1 Å². The third kappa shape index (κ3) is 6.75. The average Bonchev–Trinajstić information content (AvgIpc) is 4.09. The van der Waals surface area contributed by atoms with Crippen LogP contribution in [0.4, 0.5) is 0 Å². The van der Waals surface area contributed by atoms with E-state index in [0.717, 1.165) is 84.2 Å². The number of carboxylic acid groups (broad SMARTS) is 2. The fourth-order valence-electron chi connectivity index (χ4n) is 7.56. The van der Waals surface area contributed by atoms with Crippen molar-refractivity contribution < 1.29 is 19.8 Å². The molecule has 0 atom stereocenters. The van der Waals surface area contributed by atoms with Gasteiger partial charge in [-0.2, -0.15) is 0 Å². The molecule has 8 heteroatoms. The topological polar surface area (TPSA) is 132 Å². The second-order valence-corrected chi connectivity index (χ2v) is 13.7. The van der Waals surface area contributed by atoms with E-state index >= 15 is 0 Å². The molecule has 0 aliphatic carbocycles. The minimum absolute atomic E-state index is 0.687. The van der Waals surface area contributed by atoms with Gasteiger partial charge in [0.2, 0.25) is 0 Å². The van der Waals surface area contributed by atoms with Gasteiger partial charge in [0.05, 0.1) is 28.3 Å². The summed E-state index contributed by atoms with van der Waals surface area (Å²) in [7, 11) is 0. The van der Waals surface area contributed by atoms with E-state index < -0.39 is 17.5 Å². The third-order valence-corrected chi connectivity index (χ3v) is 10.1. The molecule has 0 saturated heterocycles. The average molecular weight is 755 g/mol. The van der Waals surface area contributed by atoms with Crippen LogP contribution < -0.4 is 0 Å². The van der Waals surface area contributed by atoms with E-state index in [1.807, 2.05) is 127 Å². The van der Waals surface area contributed by atoms with Crippen molar-refractivity contribution in [1.82, 2.24) is 19.9 Å². The smallest absolute Gasteiger partial charge is 0.343 e. The minimum atomic E-state index is -1.53. The predicted molar refractivity (Wildman–Crippen MR) is 233 cm³/mol. The number of nitrogens with one attached hydrogen (secondary N) is 2. The number of benzene rings is 4. The van der Waals surface area contributed by atoms with Gasteiger partial charge in [-0.05, 0) is 70.8 Å². The van der Waals surface area contributed by atoms with Crippen LogP contribution in [-0.2, 0) is 9.59 Å². The summed E-state index contributed by atoms with van der Waals surface area (Å²) in [5.74, 6) is -3.06. The van der Waals surface area contributed by atoms with E-state index in [4.69, 9.17) is 9.97 Å². The second kappa shape index (κ2) is 15.2. The first-order valence-electron chi connectivity index (χ1n) is 18.7. The van der Waals surface area contributed by atoms with Crippen LogP contribution >= 0.6 is 0 Å². The Kier molecular flexibility index (Phi) is 9.33. The Bertz CT molecular complexity index is 3020. The number of hydrogen-bond donors (Lipinski definition) is 4. The van der Waals surface area contributed by atoms with Crippen LogP contribution in [0.1, 0.15) is 28.3 Å². The molecular formula is C50H34N4O4. The monoisotopic (exact) mass is 754 g/mol. The maximum absolute atomic E-state index is 11.8. The molecule has 2 aliphatic heterocycles. The van der Waals surface area contributed by atoms with E-state index in [0.29, 0.717) is 16.8 Å². The lowest BCUT2D eigenvalue weighted by atomic mass is 10.0. The Morgan fingerprint density at radius 1 is 0.466 bits per heavy atom. The van der Waals surface area contributed by atoms with Crippen molar-refractivity contribution in [3.63, 3.8) is 0 Å². The van der Waals surface area contributed by atoms with Gasteiger partial charge in [-0.25, -0.2) is 19.6 Å². The summed E-state index contributed by atoms with van der Waals surface area (Å²) in [6, 6.07) is 46.6. The summed E-state index contributed by atoms with van der Waals surface area (Å²) in [6.07, 6.45) is 12.4. The van der Waals surface area contributed by atoms with Crippen LogP contribution in [0, 0.1) is 0 Å². The highest BCUT2D eigenvalue weighted by atomic mass is 16.4. The molecule has 0 fully saturated rings. The van der Waals surface area contributed by atoms with Gasteiger partial charge in [0.15, 0.2) is 0 Å². The molecule has 0 spiro atoms. The lowest BCUT2D eigenvalue weighted by molar-refractivity contribution is -0.140. The summed E-state index contributed by atoms with van der Waals surface area (Å²) in [5, 5.41) is 19.2. The van der Waals surface area contributed by atoms with Crippen molar-refractivity contribution >= 4 is 64.4 Å². The van der Waals surface area contributed by atoms with Crippen molar-refractivity contribution in [2.24, 2.45) is 0 Å². The van der Waals surface area contributed by atoms with Gasteiger partial charge >= 0.3 is 11.9 Å². The van der Waals surface area contributed by atoms with Gasteiger partial charge in [0, 0.05) is 44.4 Å². The second-order valence-electron chi connectivity index (χ2n) is 13.7. The molecule has 278 valence electrons. The maximum Gasteiger partial charge on any atom is 0.343 e. The van der Waals surface area contributed by atoms with E-state index in [1.54, 1.807) is 6.08 Å². The molecule has 5 heterocycles. The molecule has 8 bridgehead atoms. The van der Waals surface area contributed by atoms with Gasteiger partial charge < -0.3 is 20.2 Å². The van der Waals surface area contributed by atoms with Crippen molar-refractivity contribution in [3.8, 4) is 44.5 Å². The van der Waals surface area contributed by atoms with Crippen LogP contribution in [0.5, 0.6) is 0 Å². The molecule has 0 amide bonds. The zero-order valence-electron chi connectivity index (χ0n) is 30.9. The molecule has 8 nitrogen and oxygen atoms in total. The number of carbonyl (C=O) groups is 2. The summed E-state index contributed by atoms with van der Waals surface area (Å²) in [5.41, 5.74) is 13.5. The number of aromatic amines is 2. The Labute approximate surface area is 333 Å². The van der Waals surface area contributed by atoms with Gasteiger partial charge in [-0.15, -0.1) is 0 Å². The zero-order chi connectivity index (χ0) is 39.6. The fraction of sp³-hybridized carbons (Fsp3) is 0. The van der Waals surface area contributed by atoms with Gasteiger partial charge in [-0.3, -0.25) is 0 Å². The van der Waals surface area contributed by atoms with Crippen molar-refractivity contribution in [2.75, 3.05) is 0 Å². The number of allylic oxidation sites excluding steroid dienone is 2. The number of rotatable bonds is 8. The predicted octanol–water partition coefficient (Wildman–Crippen LogP) is 11.4. The number of fused-ring (bicyclic) bond motifs is 8. The molecule has 58 heavy (non-hydrogen) atoms. The Hall–Kier alpha value is -8.10. The molecule has 9 rings (SSSR count). The Balaban J connectivity index is 1.49. The molecule has 3 aromatic heterocycles. The largest absolute Gasteiger partial charge is 0.477 e. The van der Waals surface area contributed by atoms with Crippen molar-refractivity contribution in [2.45, 2.75) is 0 Å². The highest BCUT2D eigenvalue weighted by Crippen LogP contribution is 2.39. The highest BCUT2D eigenvalue weighted by molar-refractivity contribution is 6.13. The molecule has 7 aromatic rings. The molecule has 0 saturated carbocycles. The van der Waals surface area contributed by atoms with Crippen molar-refractivity contribution in [1.29, 1.82) is 0 Å². The lowest BCUT2D eigenvalue weighted by Gasteiger charge is -2.07. The first-order valence-corrected chi connectivity index (χ1v) is 18.7. The fourth-order valence-corrected chi connectivity index (χ4v) is 7.56. The molecule has 4 aromatic carbocycles. The molecular weight excluding hydrogens is 721 g/mol. The third-order valence-electron chi connectivity index (χ3n) is 10.1. The van der Waals surface area contributed by atoms with Gasteiger partial charge in [0.25, 0.3) is 0 Å². The van der Waals surface area contributed by atoms with E-state index in [1.165, 1.54) is 6.08 Å². The Morgan fingerprint density at radius 2 is 0.845 bits per heavy atom. The lowest BCUT2D eigenvalue weighted by Crippen LogP contribution is -2.10. The SMILES string of the molecule is O=C(O)C(=C/C=C\c1cc2[nH]c1c(-c1ccccc1)c1nc(c(-c3ccccc3)c3ccc([nH]3)c(-c3ccccc3)c3nc(c2-c2ccccc2)C=C3)C=C1)C(=O)O. The number of H-pyrrole nitrogens is 2. The van der Waals surface area contributed by atoms with E-state index in [9.17, 15) is 19.8 Å². The molecule has 4 N–H and O–H groups in total. The highest BCUT2D eigenvalue weighted by Gasteiger charge is 2.20. The summed E-state index contributed by atoms with van der Waals surface area (Å²) < 4.78 is 0. The number of aromatic nitrogens is 4. The van der Waals surface area contributed by atoms with Crippen LogP contribution in [0.2, 0.25) is 0 Å². The number of hydrogen-bond acceptors (Lipinski definition) is 4. The first-order chi connectivity index (χ1) is 28.4. The van der Waals surface area contributed by atoms with Crippen LogP contribution in [0.25, 0.3) is 97.0 Å². The van der Waals surface area contributed by atoms with E-state index in [-0.39, 0.29) is 0 Å². The van der Waals surface area contributed by atoms with Gasteiger partial charge in [0.1, 0.15) is 5.57 Å². The minimum Gasteiger partial charge on any atom is -0.477 e. The number of carboxylic acids is 2. The molecule has 2 aliphatic rings. The molecule has 0 unspecified atom stereocenters. The summed E-state index contributed by atoms with van der Waals surface area (Å²) in [4.78, 5) is 41.8. The summed E-state index contributed by atoms with van der Waals surface area (Å²) in [6.45, 7) is 0. The molecule has 0 radical (unpaired) electrons. The number of aliphatic carboxylic acids is 2. The standard InChI is InChI=1S/C50H34N4O4/c55-49(56)36(50(57)58)23-13-22-35-30-43-46(33-18-9-3-10-19-33)41-27-26-39(52-41)44(31-14-5-1-6-15-31)37-24-25-38(51-37)45(32-16-7-2-8-17-32)40-28-29-42(53-40)47(48(35)54-43)34-20-11-4-12-21-34/h1-30,51,54H,(H,55,56)(H,57,58)/b22-13-,44-37?,44-39?,45-38?,45-40?,46-41?,46-43?,47-42?,48-47?. The van der Waals surface area contributed by atoms with Gasteiger partial charge in [-0.1, -0.05) is 133 Å². The van der Waals surface area contributed by atoms with E-state index in [2.05, 4.69) is 46.4 Å². The number of nitrogens with zero attached hydrogens (tertiary/aromatic N) is 2. The first kappa shape index (κ1) is 35.6. The normalized spacial score (nSPS) is 11.9. The Morgan fingerprint density at radius 3 is 1.26 bits per heavy atom. The van der Waals surface area contributed by atoms with Crippen LogP contribution in [0.15, 0.2) is 157 Å². The van der Waals surface area contributed by atoms with Crippen LogP contribution in [0.3, 0.4) is 0 Å². The van der Waals surface area contributed by atoms with Crippen molar-refractivity contribution in [3.05, 3.63) is 186 Å². The summed E-state index contributed by atoms with van der Waals surface area (Å²) >= 11 is 0. The zero-order valence-corrected chi connectivity index (χ0v) is 30.9.